The minimum absolute atomic E-state index is 0. The van der Waals surface area contributed by atoms with Gasteiger partial charge in [-0.15, -0.1) is 24.0 Å². The maximum absolute atomic E-state index is 12.8. The van der Waals surface area contributed by atoms with E-state index in [4.69, 9.17) is 9.73 Å². The van der Waals surface area contributed by atoms with E-state index in [0.717, 1.165) is 83.2 Å². The second-order valence-corrected chi connectivity index (χ2v) is 10.4. The van der Waals surface area contributed by atoms with Gasteiger partial charge < -0.3 is 20.3 Å². The molecule has 0 spiro atoms. The first-order chi connectivity index (χ1) is 14.2. The van der Waals surface area contributed by atoms with Crippen LogP contribution in [-0.4, -0.2) is 72.7 Å². The number of ether oxygens (including phenoxy) is 1. The summed E-state index contributed by atoms with van der Waals surface area (Å²) in [6.45, 7) is 9.37. The van der Waals surface area contributed by atoms with Crippen molar-refractivity contribution in [3.63, 3.8) is 0 Å². The van der Waals surface area contributed by atoms with E-state index in [-0.39, 0.29) is 34.6 Å². The minimum atomic E-state index is 0. The highest BCUT2D eigenvalue weighted by atomic mass is 127. The normalized spacial score (nSPS) is 24.9. The molecular weight excluding hydrogens is 511 g/mol. The summed E-state index contributed by atoms with van der Waals surface area (Å²) in [5.41, 5.74) is 0. The van der Waals surface area contributed by atoms with Crippen molar-refractivity contribution < 1.29 is 9.53 Å². The molecule has 1 saturated carbocycles. The van der Waals surface area contributed by atoms with Crippen LogP contribution in [0.5, 0.6) is 0 Å². The molecule has 1 aliphatic carbocycles. The van der Waals surface area contributed by atoms with Crippen molar-refractivity contribution in [2.75, 3.05) is 45.1 Å². The third-order valence-electron chi connectivity index (χ3n) is 6.52. The Morgan fingerprint density at radius 2 is 1.90 bits per heavy atom. The first-order valence-electron chi connectivity index (χ1n) is 11.7. The Kier molecular flexibility index (Phi) is 11.6. The summed E-state index contributed by atoms with van der Waals surface area (Å²) in [5, 5.41) is 7.02. The van der Waals surface area contributed by atoms with Crippen molar-refractivity contribution in [2.24, 2.45) is 10.9 Å². The lowest BCUT2D eigenvalue weighted by Crippen LogP contribution is -2.46. The zero-order valence-electron chi connectivity index (χ0n) is 18.8. The predicted octanol–water partition coefficient (Wildman–Crippen LogP) is 3.64. The van der Waals surface area contributed by atoms with Gasteiger partial charge in [-0.3, -0.25) is 9.79 Å². The Balaban J connectivity index is 0.00000320. The molecule has 1 atom stereocenters. The summed E-state index contributed by atoms with van der Waals surface area (Å²) in [5.74, 6) is 2.66. The number of aliphatic imine (C=N–C) groups is 1. The van der Waals surface area contributed by atoms with Crippen molar-refractivity contribution in [1.82, 2.24) is 15.5 Å². The zero-order valence-corrected chi connectivity index (χ0v) is 21.9. The second-order valence-electron chi connectivity index (χ2n) is 8.67. The zero-order chi connectivity index (χ0) is 20.5. The predicted molar refractivity (Wildman–Crippen MR) is 137 cm³/mol. The summed E-state index contributed by atoms with van der Waals surface area (Å²) in [6, 6.07) is 0.296. The molecule has 0 aromatic carbocycles. The van der Waals surface area contributed by atoms with Crippen molar-refractivity contribution in [2.45, 2.75) is 76.0 Å². The van der Waals surface area contributed by atoms with Crippen LogP contribution in [-0.2, 0) is 9.53 Å². The van der Waals surface area contributed by atoms with Crippen LogP contribution < -0.4 is 10.6 Å². The number of rotatable bonds is 7. The van der Waals surface area contributed by atoms with Gasteiger partial charge in [0.15, 0.2) is 5.96 Å². The number of nitrogens with zero attached hydrogens (tertiary/aromatic N) is 2. The number of carbonyl (C=O) groups is 1. The van der Waals surface area contributed by atoms with E-state index in [0.29, 0.717) is 11.9 Å². The topological polar surface area (TPSA) is 66.0 Å². The molecule has 2 aliphatic heterocycles. The molecule has 0 bridgehead atoms. The molecule has 1 unspecified atom stereocenters. The van der Waals surface area contributed by atoms with Gasteiger partial charge in [0, 0.05) is 49.6 Å². The number of thioether (sulfide) groups is 1. The smallest absolute Gasteiger partial charge is 0.225 e. The third kappa shape index (κ3) is 7.43. The van der Waals surface area contributed by atoms with E-state index in [1.54, 1.807) is 0 Å². The highest BCUT2D eigenvalue weighted by Crippen LogP contribution is 2.35. The summed E-state index contributed by atoms with van der Waals surface area (Å²) in [7, 11) is 0. The highest BCUT2D eigenvalue weighted by molar-refractivity contribution is 14.0. The molecule has 8 heteroatoms. The fourth-order valence-electron chi connectivity index (χ4n) is 4.82. The second kappa shape index (κ2) is 13.4. The van der Waals surface area contributed by atoms with Gasteiger partial charge in [0.25, 0.3) is 0 Å². The number of hydrogen-bond donors (Lipinski definition) is 2. The lowest BCUT2D eigenvalue weighted by Gasteiger charge is -2.35. The molecule has 2 N–H and O–H groups in total. The fraction of sp³-hybridized carbons (Fsp3) is 0.909. The lowest BCUT2D eigenvalue weighted by molar-refractivity contribution is -0.135. The molecular formula is C22H41IN4O2S. The van der Waals surface area contributed by atoms with Gasteiger partial charge in [0.05, 0.1) is 6.54 Å². The monoisotopic (exact) mass is 552 g/mol. The first-order valence-corrected chi connectivity index (χ1v) is 12.7. The Bertz CT molecular complexity index is 546. The van der Waals surface area contributed by atoms with Gasteiger partial charge in [-0.1, -0.05) is 26.2 Å². The maximum Gasteiger partial charge on any atom is 0.225 e. The number of hydrogen-bond acceptors (Lipinski definition) is 4. The van der Waals surface area contributed by atoms with Crippen molar-refractivity contribution >= 4 is 47.6 Å². The van der Waals surface area contributed by atoms with E-state index < -0.39 is 0 Å². The van der Waals surface area contributed by atoms with Gasteiger partial charge in [0.2, 0.25) is 5.91 Å². The van der Waals surface area contributed by atoms with Gasteiger partial charge in [-0.25, -0.2) is 0 Å². The van der Waals surface area contributed by atoms with Gasteiger partial charge >= 0.3 is 0 Å². The average molecular weight is 553 g/mol. The van der Waals surface area contributed by atoms with Crippen LogP contribution in [0.15, 0.2) is 4.99 Å². The number of likely N-dealkylation sites (tertiary alicyclic amines) is 1. The van der Waals surface area contributed by atoms with Crippen molar-refractivity contribution in [3.8, 4) is 0 Å². The molecule has 0 radical (unpaired) electrons. The lowest BCUT2D eigenvalue weighted by atomic mass is 9.88. The van der Waals surface area contributed by atoms with Crippen LogP contribution in [0.3, 0.4) is 0 Å². The van der Waals surface area contributed by atoms with Crippen LogP contribution >= 0.6 is 35.7 Å². The molecule has 6 nitrogen and oxygen atoms in total. The first kappa shape index (κ1) is 26.0. The average Bonchev–Trinajstić information content (AvgIpc) is 3.22. The molecule has 0 aromatic heterocycles. The van der Waals surface area contributed by atoms with Crippen molar-refractivity contribution in [3.05, 3.63) is 0 Å². The summed E-state index contributed by atoms with van der Waals surface area (Å²) in [4.78, 5) is 19.9. The Labute approximate surface area is 204 Å². The van der Waals surface area contributed by atoms with Gasteiger partial charge in [-0.2, -0.15) is 11.8 Å². The highest BCUT2D eigenvalue weighted by Gasteiger charge is 2.34. The van der Waals surface area contributed by atoms with Crippen LogP contribution in [0, 0.1) is 5.92 Å². The number of carbonyl (C=O) groups excluding carboxylic acids is 1. The van der Waals surface area contributed by atoms with Crippen LogP contribution in [0.4, 0.5) is 0 Å². The number of guanidine groups is 1. The Hall–Kier alpha value is -0.220. The molecule has 3 fully saturated rings. The standard InChI is InChI=1S/C22H40N4O2S.HI/c1-3-23-21(24-17-22(29-4-2)11-14-28-15-12-22)25-19-10-13-26(16-19)20(27)18-8-6-5-7-9-18;/h18-19H,3-17H2,1-2H3,(H2,23,24,25);1H. The molecule has 30 heavy (non-hydrogen) atoms. The summed E-state index contributed by atoms with van der Waals surface area (Å²) in [6.07, 6.45) is 9.03. The van der Waals surface area contributed by atoms with E-state index in [9.17, 15) is 4.79 Å². The van der Waals surface area contributed by atoms with Gasteiger partial charge in [-0.05, 0) is 44.8 Å². The number of halogens is 1. The summed E-state index contributed by atoms with van der Waals surface area (Å²) < 4.78 is 5.79. The Morgan fingerprint density at radius 1 is 1.17 bits per heavy atom. The van der Waals surface area contributed by atoms with E-state index >= 15 is 0 Å². The molecule has 1 amide bonds. The quantitative estimate of drug-likeness (QED) is 0.287. The molecule has 2 saturated heterocycles. The van der Waals surface area contributed by atoms with E-state index in [1.165, 1.54) is 19.3 Å². The fourth-order valence-corrected chi connectivity index (χ4v) is 6.04. The van der Waals surface area contributed by atoms with Crippen LogP contribution in [0.2, 0.25) is 0 Å². The number of nitrogens with one attached hydrogen (secondary N) is 2. The minimum Gasteiger partial charge on any atom is -0.381 e. The Morgan fingerprint density at radius 3 is 2.57 bits per heavy atom. The molecule has 3 rings (SSSR count). The van der Waals surface area contributed by atoms with E-state index in [1.807, 2.05) is 11.8 Å². The van der Waals surface area contributed by atoms with E-state index in [2.05, 4.69) is 29.4 Å². The van der Waals surface area contributed by atoms with Crippen LogP contribution in [0.25, 0.3) is 0 Å². The van der Waals surface area contributed by atoms with Crippen LogP contribution in [0.1, 0.15) is 65.2 Å². The van der Waals surface area contributed by atoms with Crippen molar-refractivity contribution in [1.29, 1.82) is 0 Å². The molecule has 3 aliphatic rings. The SMILES string of the molecule is CCNC(=NCC1(SCC)CCOCC1)NC1CCN(C(=O)C2CCCCC2)C1.I. The molecule has 174 valence electrons. The number of amides is 1. The van der Waals surface area contributed by atoms with Gasteiger partial charge in [0.1, 0.15) is 0 Å². The maximum atomic E-state index is 12.8. The molecule has 0 aromatic rings. The largest absolute Gasteiger partial charge is 0.381 e. The molecule has 2 heterocycles. The third-order valence-corrected chi connectivity index (χ3v) is 7.96. The summed E-state index contributed by atoms with van der Waals surface area (Å²) >= 11 is 2.03.